The molecule has 0 spiro atoms. The van der Waals surface area contributed by atoms with Crippen LogP contribution in [0.5, 0.6) is 0 Å². The molecule has 7 heteroatoms. The monoisotopic (exact) mass is 405 g/mol. The molecule has 1 aliphatic heterocycles. The van der Waals surface area contributed by atoms with E-state index >= 15 is 0 Å². The molecule has 2 aromatic heterocycles. The van der Waals surface area contributed by atoms with Gasteiger partial charge in [0.25, 0.3) is 11.3 Å². The fraction of sp³-hybridized carbons (Fsp3) is 0.522. The molecule has 156 valence electrons. The highest BCUT2D eigenvalue weighted by Gasteiger charge is 2.25. The maximum absolute atomic E-state index is 12.7. The summed E-state index contributed by atoms with van der Waals surface area (Å²) in [5, 5.41) is 6.64. The number of rotatable bonds is 4. The maximum Gasteiger partial charge on any atom is 0.274 e. The Morgan fingerprint density at radius 2 is 1.83 bits per heavy atom. The van der Waals surface area contributed by atoms with E-state index in [-0.39, 0.29) is 11.7 Å². The number of aryl methyl sites for hydroxylation is 2. The summed E-state index contributed by atoms with van der Waals surface area (Å²) in [6.45, 7) is 0.800. The third kappa shape index (κ3) is 3.12. The fourth-order valence-corrected chi connectivity index (χ4v) is 5.38. The van der Waals surface area contributed by atoms with Gasteiger partial charge in [-0.15, -0.1) is 0 Å². The number of aromatic nitrogens is 4. The summed E-state index contributed by atoms with van der Waals surface area (Å²) in [7, 11) is 0. The van der Waals surface area contributed by atoms with Gasteiger partial charge in [0.05, 0.1) is 11.8 Å². The normalized spacial score (nSPS) is 20.5. The van der Waals surface area contributed by atoms with Crippen molar-refractivity contribution >= 4 is 17.4 Å². The average Bonchev–Trinajstić information content (AvgIpc) is 3.47. The summed E-state index contributed by atoms with van der Waals surface area (Å²) < 4.78 is 7.24. The van der Waals surface area contributed by atoms with E-state index in [1.54, 1.807) is 6.07 Å². The Balaban J connectivity index is 1.33. The molecular formula is C23H27N5O2. The summed E-state index contributed by atoms with van der Waals surface area (Å²) in [6, 6.07) is 4.02. The first-order valence-electron chi connectivity index (χ1n) is 11.3. The van der Waals surface area contributed by atoms with Gasteiger partial charge in [0, 0.05) is 24.8 Å². The Kier molecular flexibility index (Phi) is 4.37. The van der Waals surface area contributed by atoms with Gasteiger partial charge in [0.15, 0.2) is 0 Å². The van der Waals surface area contributed by atoms with Crippen LogP contribution in [0.15, 0.2) is 16.9 Å². The lowest BCUT2D eigenvalue weighted by molar-refractivity contribution is 0.0162. The van der Waals surface area contributed by atoms with Gasteiger partial charge in [-0.1, -0.05) is 6.07 Å². The summed E-state index contributed by atoms with van der Waals surface area (Å²) >= 11 is 0. The Hall–Kier alpha value is -2.67. The number of nitrogens with one attached hydrogen (secondary N) is 2. The van der Waals surface area contributed by atoms with Gasteiger partial charge in [-0.2, -0.15) is 9.50 Å². The van der Waals surface area contributed by atoms with Crippen LogP contribution < -0.4 is 10.9 Å². The zero-order chi connectivity index (χ0) is 20.1. The highest BCUT2D eigenvalue weighted by molar-refractivity contribution is 5.70. The molecule has 2 N–H and O–H groups in total. The van der Waals surface area contributed by atoms with Crippen molar-refractivity contribution in [1.29, 1.82) is 0 Å². The summed E-state index contributed by atoms with van der Waals surface area (Å²) in [5.41, 5.74) is 7.62. The van der Waals surface area contributed by atoms with E-state index in [9.17, 15) is 4.79 Å². The second kappa shape index (κ2) is 7.23. The van der Waals surface area contributed by atoms with Crippen LogP contribution in [0.25, 0.3) is 5.78 Å². The molecule has 0 amide bonds. The van der Waals surface area contributed by atoms with Gasteiger partial charge in [-0.3, -0.25) is 9.89 Å². The van der Waals surface area contributed by atoms with Crippen molar-refractivity contribution in [2.75, 3.05) is 11.9 Å². The van der Waals surface area contributed by atoms with E-state index in [1.165, 1.54) is 51.7 Å². The van der Waals surface area contributed by atoms with Crippen molar-refractivity contribution in [2.45, 2.75) is 70.3 Å². The molecule has 3 heterocycles. The molecule has 7 nitrogen and oxygen atoms in total. The Morgan fingerprint density at radius 1 is 1.03 bits per heavy atom. The minimum absolute atomic E-state index is 0.130. The van der Waals surface area contributed by atoms with E-state index in [0.717, 1.165) is 50.8 Å². The van der Waals surface area contributed by atoms with Gasteiger partial charge in [-0.25, -0.2) is 4.98 Å². The van der Waals surface area contributed by atoms with Crippen LogP contribution in [0.2, 0.25) is 0 Å². The van der Waals surface area contributed by atoms with E-state index in [2.05, 4.69) is 26.4 Å². The minimum atomic E-state index is -0.130. The molecule has 0 radical (unpaired) electrons. The highest BCUT2D eigenvalue weighted by atomic mass is 16.5. The number of H-pyrrole nitrogens is 1. The second-order valence-corrected chi connectivity index (χ2v) is 8.85. The molecule has 0 saturated carbocycles. The van der Waals surface area contributed by atoms with Crippen LogP contribution in [0.1, 0.15) is 60.1 Å². The number of aromatic amines is 1. The number of hydrogen-bond donors (Lipinski definition) is 2. The number of fused-ring (bicyclic) bond motifs is 3. The van der Waals surface area contributed by atoms with Crippen LogP contribution in [0.4, 0.5) is 11.6 Å². The van der Waals surface area contributed by atoms with Crippen molar-refractivity contribution in [3.63, 3.8) is 0 Å². The first-order valence-corrected chi connectivity index (χ1v) is 11.3. The summed E-state index contributed by atoms with van der Waals surface area (Å²) in [6.07, 6.45) is 11.1. The van der Waals surface area contributed by atoms with Gasteiger partial charge >= 0.3 is 0 Å². The van der Waals surface area contributed by atoms with Crippen molar-refractivity contribution in [3.8, 4) is 0 Å². The van der Waals surface area contributed by atoms with Gasteiger partial charge in [0.2, 0.25) is 5.95 Å². The number of hydrogen-bond acceptors (Lipinski definition) is 5. The Bertz CT molecular complexity index is 1140. The quantitative estimate of drug-likeness (QED) is 0.696. The van der Waals surface area contributed by atoms with Crippen molar-refractivity contribution in [2.24, 2.45) is 0 Å². The lowest BCUT2D eigenvalue weighted by Gasteiger charge is -2.21. The Labute approximate surface area is 174 Å². The molecule has 3 aliphatic rings. The standard InChI is InChI=1S/C23H27N5O2/c29-20-13-16(12-17-7-1-2-10-30-17)24-23-26-22(27-28(20)23)25-21-18-8-3-5-14(18)11-15-6-4-9-19(15)21/h11,13,17H,1-10,12H2,(H2,24,25,26,27). The highest BCUT2D eigenvalue weighted by Crippen LogP contribution is 2.39. The largest absolute Gasteiger partial charge is 0.378 e. The number of benzene rings is 1. The lowest BCUT2D eigenvalue weighted by atomic mass is 9.99. The second-order valence-electron chi connectivity index (χ2n) is 8.85. The van der Waals surface area contributed by atoms with Crippen LogP contribution in [-0.4, -0.2) is 32.3 Å². The third-order valence-corrected chi connectivity index (χ3v) is 6.81. The smallest absolute Gasteiger partial charge is 0.274 e. The van der Waals surface area contributed by atoms with Gasteiger partial charge in [0.1, 0.15) is 0 Å². The van der Waals surface area contributed by atoms with Crippen molar-refractivity contribution in [1.82, 2.24) is 19.6 Å². The van der Waals surface area contributed by atoms with Gasteiger partial charge in [-0.05, 0) is 80.0 Å². The molecule has 0 bridgehead atoms. The molecule has 3 aromatic rings. The molecule has 1 saturated heterocycles. The first-order chi connectivity index (χ1) is 14.7. The first kappa shape index (κ1) is 18.1. The van der Waals surface area contributed by atoms with E-state index in [1.807, 2.05) is 0 Å². The molecular weight excluding hydrogens is 378 g/mol. The van der Waals surface area contributed by atoms with Crippen LogP contribution in [-0.2, 0) is 36.8 Å². The van der Waals surface area contributed by atoms with E-state index in [4.69, 9.17) is 4.74 Å². The molecule has 1 aromatic carbocycles. The molecule has 30 heavy (non-hydrogen) atoms. The number of ether oxygens (including phenoxy) is 1. The van der Waals surface area contributed by atoms with Crippen LogP contribution in [0, 0.1) is 0 Å². The minimum Gasteiger partial charge on any atom is -0.378 e. The topological polar surface area (TPSA) is 84.3 Å². The molecule has 1 unspecified atom stereocenters. The van der Waals surface area contributed by atoms with Crippen molar-refractivity contribution in [3.05, 3.63) is 50.4 Å². The summed E-state index contributed by atoms with van der Waals surface area (Å²) in [5.74, 6) is 1.00. The third-order valence-electron chi connectivity index (χ3n) is 6.81. The molecule has 1 atom stereocenters. The van der Waals surface area contributed by atoms with Crippen LogP contribution in [0.3, 0.4) is 0 Å². The van der Waals surface area contributed by atoms with Crippen molar-refractivity contribution < 1.29 is 4.74 Å². The molecule has 1 fully saturated rings. The average molecular weight is 406 g/mol. The van der Waals surface area contributed by atoms with E-state index < -0.39 is 0 Å². The lowest BCUT2D eigenvalue weighted by Crippen LogP contribution is -2.24. The molecule has 2 aliphatic carbocycles. The molecule has 6 rings (SSSR count). The Morgan fingerprint density at radius 3 is 2.57 bits per heavy atom. The fourth-order valence-electron chi connectivity index (χ4n) is 5.38. The maximum atomic E-state index is 12.7. The van der Waals surface area contributed by atoms with Gasteiger partial charge < -0.3 is 10.1 Å². The van der Waals surface area contributed by atoms with Crippen LogP contribution >= 0.6 is 0 Å². The number of anilines is 2. The zero-order valence-electron chi connectivity index (χ0n) is 17.2. The predicted octanol–water partition coefficient (Wildman–Crippen LogP) is 3.25. The predicted molar refractivity (Wildman–Crippen MR) is 115 cm³/mol. The zero-order valence-corrected chi connectivity index (χ0v) is 17.2. The number of nitrogens with zero attached hydrogens (tertiary/aromatic N) is 3. The summed E-state index contributed by atoms with van der Waals surface area (Å²) in [4.78, 5) is 21.9. The van der Waals surface area contributed by atoms with E-state index in [0.29, 0.717) is 18.1 Å². The SMILES string of the molecule is O=c1cc(CC2CCCCO2)nc2nc(Nc3c4c(cc5c3CCC5)CCC4)[nH]n12.